The number of hydrogen-bond donors (Lipinski definition) is 3. The van der Waals surface area contributed by atoms with Crippen molar-refractivity contribution >= 4 is 29.7 Å². The Morgan fingerprint density at radius 1 is 1.35 bits per heavy atom. The summed E-state index contributed by atoms with van der Waals surface area (Å²) in [5, 5.41) is 15.4. The predicted octanol–water partition coefficient (Wildman–Crippen LogP) is 1.03. The third kappa shape index (κ3) is 3.91. The number of nitrogens with one attached hydrogen (secondary N) is 2. The van der Waals surface area contributed by atoms with Gasteiger partial charge in [-0.05, 0) is 26.7 Å². The van der Waals surface area contributed by atoms with Gasteiger partial charge in [-0.25, -0.2) is 9.59 Å². The summed E-state index contributed by atoms with van der Waals surface area (Å²) in [7, 11) is 1.54. The molecule has 0 spiro atoms. The Labute approximate surface area is 140 Å². The van der Waals surface area contributed by atoms with Gasteiger partial charge in [0.25, 0.3) is 0 Å². The molecule has 0 aromatic rings. The number of nitrogens with zero attached hydrogens (tertiary/aromatic N) is 1. The fraction of sp³-hybridized carbons (Fsp3) is 0.800. The lowest BCUT2D eigenvalue weighted by molar-refractivity contribution is -0.155. The number of fused-ring (bicyclic) bond motifs is 1. The van der Waals surface area contributed by atoms with E-state index in [1.807, 2.05) is 11.8 Å². The Bertz CT molecular complexity index is 497. The molecule has 2 rings (SSSR count). The molecule has 2 aliphatic heterocycles. The molecule has 3 amide bonds. The number of thioether (sulfide) groups is 1. The molecule has 0 unspecified atom stereocenters. The summed E-state index contributed by atoms with van der Waals surface area (Å²) >= 11 is 1.86. The highest BCUT2D eigenvalue weighted by molar-refractivity contribution is 8.00. The fourth-order valence-electron chi connectivity index (χ4n) is 2.89. The summed E-state index contributed by atoms with van der Waals surface area (Å²) in [6.07, 6.45) is 2.93. The molecule has 2 saturated heterocycles. The van der Waals surface area contributed by atoms with Gasteiger partial charge >= 0.3 is 12.0 Å². The number of likely N-dealkylation sites (N-methyl/N-ethyl adjacent to an activating group) is 1. The topological polar surface area (TPSA) is 98.7 Å². The molecule has 2 heterocycles. The van der Waals surface area contributed by atoms with Gasteiger partial charge in [0.2, 0.25) is 5.91 Å². The number of carbonyl (C=O) groups is 3. The van der Waals surface area contributed by atoms with E-state index in [-0.39, 0.29) is 24.0 Å². The Kier molecular flexibility index (Phi) is 5.44. The molecule has 0 aliphatic carbocycles. The Morgan fingerprint density at radius 2 is 2.04 bits per heavy atom. The molecule has 23 heavy (non-hydrogen) atoms. The highest BCUT2D eigenvalue weighted by Crippen LogP contribution is 2.33. The quantitative estimate of drug-likeness (QED) is 0.474. The van der Waals surface area contributed by atoms with Gasteiger partial charge in [0.05, 0.1) is 12.1 Å². The third-order valence-corrected chi connectivity index (χ3v) is 6.31. The number of carboxylic acids is 1. The number of hydrogen-bond acceptors (Lipinski definition) is 4. The first-order chi connectivity index (χ1) is 10.7. The lowest BCUT2D eigenvalue weighted by Gasteiger charge is -2.31. The van der Waals surface area contributed by atoms with Gasteiger partial charge in [-0.15, -0.1) is 0 Å². The summed E-state index contributed by atoms with van der Waals surface area (Å²) in [4.78, 5) is 35.9. The zero-order chi connectivity index (χ0) is 17.2. The lowest BCUT2D eigenvalue weighted by Crippen LogP contribution is -2.50. The standard InChI is InChI=1S/C15H25N3O4S/c1-15(2,13(20)21)18(3)11(19)7-5-4-6-10-12-9(8-23-10)16-14(22)17-12/h9-10,12H,4-8H2,1-3H3,(H,20,21)(H2,16,17,22)/t9-,10-,12-/m0/s1. The van der Waals surface area contributed by atoms with Crippen LogP contribution in [0.25, 0.3) is 0 Å². The molecule has 2 aliphatic rings. The van der Waals surface area contributed by atoms with Gasteiger partial charge in [-0.3, -0.25) is 4.79 Å². The molecule has 0 aromatic heterocycles. The Morgan fingerprint density at radius 3 is 2.70 bits per heavy atom. The van der Waals surface area contributed by atoms with Gasteiger partial charge in [-0.2, -0.15) is 11.8 Å². The normalized spacial score (nSPS) is 26.4. The van der Waals surface area contributed by atoms with Crippen molar-refractivity contribution < 1.29 is 19.5 Å². The van der Waals surface area contributed by atoms with Crippen molar-refractivity contribution in [2.45, 2.75) is 62.4 Å². The van der Waals surface area contributed by atoms with Crippen LogP contribution < -0.4 is 10.6 Å². The SMILES string of the molecule is CN(C(=O)CCCC[C@@H]1SC[C@@H]2NC(=O)N[C@@H]21)C(C)(C)C(=O)O. The minimum absolute atomic E-state index is 0.0852. The predicted molar refractivity (Wildman–Crippen MR) is 88.4 cm³/mol. The summed E-state index contributed by atoms with van der Waals surface area (Å²) in [6, 6.07) is 0.330. The number of urea groups is 1. The molecule has 8 heteroatoms. The molecule has 130 valence electrons. The van der Waals surface area contributed by atoms with E-state index in [9.17, 15) is 14.4 Å². The molecule has 3 N–H and O–H groups in total. The highest BCUT2D eigenvalue weighted by Gasteiger charge is 2.42. The van der Waals surface area contributed by atoms with Crippen LogP contribution in [0, 0.1) is 0 Å². The minimum atomic E-state index is -1.19. The van der Waals surface area contributed by atoms with Crippen LogP contribution in [0.4, 0.5) is 4.79 Å². The second-order valence-corrected chi connectivity index (χ2v) is 7.96. The van der Waals surface area contributed by atoms with Crippen molar-refractivity contribution in [1.82, 2.24) is 15.5 Å². The molecule has 3 atom stereocenters. The van der Waals surface area contributed by atoms with Crippen LogP contribution in [0.3, 0.4) is 0 Å². The number of rotatable bonds is 7. The monoisotopic (exact) mass is 343 g/mol. The minimum Gasteiger partial charge on any atom is -0.480 e. The molecule has 0 bridgehead atoms. The summed E-state index contributed by atoms with van der Waals surface area (Å²) < 4.78 is 0. The van der Waals surface area contributed by atoms with Crippen molar-refractivity contribution in [1.29, 1.82) is 0 Å². The number of amides is 3. The van der Waals surface area contributed by atoms with E-state index in [1.54, 1.807) is 0 Å². The average molecular weight is 343 g/mol. The Hall–Kier alpha value is -1.44. The van der Waals surface area contributed by atoms with Crippen molar-refractivity contribution in [3.05, 3.63) is 0 Å². The molecule has 0 radical (unpaired) electrons. The van der Waals surface area contributed by atoms with Crippen LogP contribution in [0.2, 0.25) is 0 Å². The van der Waals surface area contributed by atoms with Gasteiger partial charge in [0.1, 0.15) is 5.54 Å². The van der Waals surface area contributed by atoms with Crippen LogP contribution in [0.1, 0.15) is 39.5 Å². The second kappa shape index (κ2) is 6.98. The van der Waals surface area contributed by atoms with Crippen LogP contribution >= 0.6 is 11.8 Å². The van der Waals surface area contributed by atoms with Crippen LogP contribution in [0.5, 0.6) is 0 Å². The van der Waals surface area contributed by atoms with E-state index in [0.29, 0.717) is 11.7 Å². The van der Waals surface area contributed by atoms with Crippen molar-refractivity contribution in [3.8, 4) is 0 Å². The number of aliphatic carboxylic acids is 1. The maximum atomic E-state index is 12.1. The molecular formula is C15H25N3O4S. The molecule has 0 saturated carbocycles. The molecule has 2 fully saturated rings. The van der Waals surface area contributed by atoms with E-state index in [4.69, 9.17) is 5.11 Å². The number of carboxylic acid groups (broad SMARTS) is 1. The first-order valence-electron chi connectivity index (χ1n) is 7.92. The van der Waals surface area contributed by atoms with Gasteiger partial charge in [0, 0.05) is 24.5 Å². The van der Waals surface area contributed by atoms with Gasteiger partial charge in [0.15, 0.2) is 0 Å². The van der Waals surface area contributed by atoms with E-state index in [1.165, 1.54) is 25.8 Å². The number of unbranched alkanes of at least 4 members (excludes halogenated alkanes) is 1. The van der Waals surface area contributed by atoms with Gasteiger partial charge < -0.3 is 20.6 Å². The van der Waals surface area contributed by atoms with Crippen LogP contribution in [-0.2, 0) is 9.59 Å². The second-order valence-electron chi connectivity index (χ2n) is 6.68. The Balaban J connectivity index is 1.70. The van der Waals surface area contributed by atoms with Crippen LogP contribution in [0.15, 0.2) is 0 Å². The van der Waals surface area contributed by atoms with E-state index < -0.39 is 11.5 Å². The van der Waals surface area contributed by atoms with Crippen molar-refractivity contribution in [2.75, 3.05) is 12.8 Å². The average Bonchev–Trinajstić information content (AvgIpc) is 3.01. The largest absolute Gasteiger partial charge is 0.480 e. The molecule has 7 nitrogen and oxygen atoms in total. The number of carbonyl (C=O) groups excluding carboxylic acids is 2. The maximum Gasteiger partial charge on any atom is 0.329 e. The zero-order valence-electron chi connectivity index (χ0n) is 13.8. The van der Waals surface area contributed by atoms with Crippen LogP contribution in [-0.4, -0.2) is 63.6 Å². The van der Waals surface area contributed by atoms with E-state index >= 15 is 0 Å². The zero-order valence-corrected chi connectivity index (χ0v) is 14.6. The summed E-state index contributed by atoms with van der Waals surface area (Å²) in [6.45, 7) is 3.05. The summed E-state index contributed by atoms with van der Waals surface area (Å²) in [5.74, 6) is -0.223. The highest BCUT2D eigenvalue weighted by atomic mass is 32.2. The molecular weight excluding hydrogens is 318 g/mol. The van der Waals surface area contributed by atoms with Gasteiger partial charge in [-0.1, -0.05) is 6.42 Å². The first-order valence-corrected chi connectivity index (χ1v) is 8.97. The van der Waals surface area contributed by atoms with E-state index in [2.05, 4.69) is 10.6 Å². The van der Waals surface area contributed by atoms with E-state index in [0.717, 1.165) is 25.0 Å². The smallest absolute Gasteiger partial charge is 0.329 e. The summed E-state index contributed by atoms with van der Waals surface area (Å²) in [5.41, 5.74) is -1.19. The first kappa shape index (κ1) is 17.9. The lowest BCUT2D eigenvalue weighted by atomic mass is 10.0. The fourth-order valence-corrected chi connectivity index (χ4v) is 4.43. The molecule has 0 aromatic carbocycles. The third-order valence-electron chi connectivity index (χ3n) is 4.80. The maximum absolute atomic E-state index is 12.1. The van der Waals surface area contributed by atoms with Crippen molar-refractivity contribution in [2.24, 2.45) is 0 Å². The van der Waals surface area contributed by atoms with Crippen molar-refractivity contribution in [3.63, 3.8) is 0 Å².